The van der Waals surface area contributed by atoms with Crippen LogP contribution < -0.4 is 5.32 Å². The van der Waals surface area contributed by atoms with E-state index in [1.807, 2.05) is 6.92 Å². The predicted molar refractivity (Wildman–Crippen MR) is 66.0 cm³/mol. The summed E-state index contributed by atoms with van der Waals surface area (Å²) in [5.74, 6) is 0.683. The Hall–Kier alpha value is -1.91. The average Bonchev–Trinajstić information content (AvgIpc) is 2.25. The quantitative estimate of drug-likeness (QED) is 0.733. The molecule has 0 atom stereocenters. The van der Waals surface area contributed by atoms with Crippen LogP contribution >= 0.6 is 0 Å². The van der Waals surface area contributed by atoms with E-state index in [1.54, 1.807) is 11.1 Å². The highest BCUT2D eigenvalue weighted by Crippen LogP contribution is 2.40. The number of likely N-dealkylation sites (tertiary alicyclic amines) is 1. The van der Waals surface area contributed by atoms with Crippen molar-refractivity contribution in [3.8, 4) is 0 Å². The summed E-state index contributed by atoms with van der Waals surface area (Å²) >= 11 is 0. The Morgan fingerprint density at radius 3 is 2.89 bits per heavy atom. The maximum atomic E-state index is 12.1. The van der Waals surface area contributed by atoms with Crippen molar-refractivity contribution in [1.82, 2.24) is 9.88 Å². The van der Waals surface area contributed by atoms with E-state index < -0.39 is 5.41 Å². The number of fused-ring (bicyclic) bond motifs is 1. The number of amides is 2. The number of rotatable bonds is 0. The van der Waals surface area contributed by atoms with Gasteiger partial charge in [-0.25, -0.2) is 4.98 Å². The highest BCUT2D eigenvalue weighted by Gasteiger charge is 2.52. The van der Waals surface area contributed by atoms with E-state index in [2.05, 4.69) is 16.4 Å². The van der Waals surface area contributed by atoms with Crippen LogP contribution in [0.4, 0.5) is 5.82 Å². The van der Waals surface area contributed by atoms with Crippen LogP contribution in [0.1, 0.15) is 18.1 Å². The number of pyridine rings is 1. The van der Waals surface area contributed by atoms with Crippen molar-refractivity contribution in [1.29, 1.82) is 0 Å². The predicted octanol–water partition coefficient (Wildman–Crippen LogP) is 0.733. The van der Waals surface area contributed by atoms with E-state index in [4.69, 9.17) is 0 Å². The van der Waals surface area contributed by atoms with Gasteiger partial charge in [0.2, 0.25) is 11.8 Å². The summed E-state index contributed by atoms with van der Waals surface area (Å²) in [6, 6.07) is 2.06. The number of carbonyl (C=O) groups is 2. The second kappa shape index (κ2) is 3.54. The Morgan fingerprint density at radius 2 is 2.22 bits per heavy atom. The monoisotopic (exact) mass is 245 g/mol. The lowest BCUT2D eigenvalue weighted by Gasteiger charge is -2.50. The summed E-state index contributed by atoms with van der Waals surface area (Å²) in [5, 5.41) is 2.85. The standard InChI is InChI=1S/C13H15N3O2/c1-8-3-10-4-13(6-16(7-13)9(2)17)12(18)15-11(10)14-5-8/h3,5H,4,6-7H2,1-2H3,(H,14,15,18). The van der Waals surface area contributed by atoms with E-state index in [9.17, 15) is 9.59 Å². The van der Waals surface area contributed by atoms with Crippen molar-refractivity contribution in [3.05, 3.63) is 23.4 Å². The Bertz CT molecular complexity index is 547. The molecule has 0 radical (unpaired) electrons. The summed E-state index contributed by atoms with van der Waals surface area (Å²) in [4.78, 5) is 29.3. The first kappa shape index (κ1) is 11.2. The molecule has 0 aromatic carbocycles. The Kier molecular flexibility index (Phi) is 2.20. The lowest BCUT2D eigenvalue weighted by atomic mass is 9.72. The van der Waals surface area contributed by atoms with Gasteiger partial charge in [0, 0.05) is 26.2 Å². The van der Waals surface area contributed by atoms with Crippen LogP contribution in [-0.4, -0.2) is 34.8 Å². The molecule has 1 fully saturated rings. The number of anilines is 1. The van der Waals surface area contributed by atoms with Crippen molar-refractivity contribution in [2.24, 2.45) is 5.41 Å². The zero-order chi connectivity index (χ0) is 12.9. The van der Waals surface area contributed by atoms with Gasteiger partial charge in [0.05, 0.1) is 5.41 Å². The molecule has 2 amide bonds. The number of nitrogens with one attached hydrogen (secondary N) is 1. The number of aromatic nitrogens is 1. The molecule has 18 heavy (non-hydrogen) atoms. The Balaban J connectivity index is 1.89. The highest BCUT2D eigenvalue weighted by molar-refractivity contribution is 5.99. The first-order valence-electron chi connectivity index (χ1n) is 6.03. The second-order valence-electron chi connectivity index (χ2n) is 5.31. The molecule has 2 aliphatic rings. The van der Waals surface area contributed by atoms with E-state index in [-0.39, 0.29) is 11.8 Å². The van der Waals surface area contributed by atoms with Gasteiger partial charge in [0.1, 0.15) is 5.82 Å². The molecule has 3 heterocycles. The van der Waals surface area contributed by atoms with Gasteiger partial charge in [-0.1, -0.05) is 6.07 Å². The van der Waals surface area contributed by atoms with E-state index in [0.29, 0.717) is 25.3 Å². The highest BCUT2D eigenvalue weighted by atomic mass is 16.2. The Labute approximate surface area is 105 Å². The van der Waals surface area contributed by atoms with Crippen LogP contribution in [0.2, 0.25) is 0 Å². The fourth-order valence-electron chi connectivity index (χ4n) is 2.72. The first-order valence-corrected chi connectivity index (χ1v) is 6.03. The molecular weight excluding hydrogens is 230 g/mol. The van der Waals surface area contributed by atoms with Gasteiger partial charge >= 0.3 is 0 Å². The molecule has 1 aromatic rings. The lowest BCUT2D eigenvalue weighted by Crippen LogP contribution is -2.65. The van der Waals surface area contributed by atoms with Gasteiger partial charge < -0.3 is 10.2 Å². The summed E-state index contributed by atoms with van der Waals surface area (Å²) in [6.45, 7) is 4.55. The van der Waals surface area contributed by atoms with E-state index in [0.717, 1.165) is 11.1 Å². The van der Waals surface area contributed by atoms with Gasteiger partial charge in [-0.05, 0) is 24.5 Å². The van der Waals surface area contributed by atoms with Gasteiger partial charge in [-0.2, -0.15) is 0 Å². The van der Waals surface area contributed by atoms with Crippen LogP contribution in [0.3, 0.4) is 0 Å². The molecule has 94 valence electrons. The molecule has 1 aromatic heterocycles. The molecule has 0 saturated carbocycles. The zero-order valence-electron chi connectivity index (χ0n) is 10.5. The third-order valence-corrected chi connectivity index (χ3v) is 3.78. The van der Waals surface area contributed by atoms with Gasteiger partial charge in [0.25, 0.3) is 0 Å². The van der Waals surface area contributed by atoms with Crippen molar-refractivity contribution >= 4 is 17.6 Å². The third-order valence-electron chi connectivity index (χ3n) is 3.78. The van der Waals surface area contributed by atoms with Crippen LogP contribution in [-0.2, 0) is 16.0 Å². The topological polar surface area (TPSA) is 62.3 Å². The zero-order valence-corrected chi connectivity index (χ0v) is 10.5. The normalized spacial score (nSPS) is 20.1. The fraction of sp³-hybridized carbons (Fsp3) is 0.462. The van der Waals surface area contributed by atoms with Gasteiger partial charge in [-0.15, -0.1) is 0 Å². The van der Waals surface area contributed by atoms with Gasteiger partial charge in [0.15, 0.2) is 0 Å². The average molecular weight is 245 g/mol. The number of aryl methyl sites for hydroxylation is 1. The minimum absolute atomic E-state index is 0.0103. The molecule has 1 N–H and O–H groups in total. The smallest absolute Gasteiger partial charge is 0.235 e. The number of hydrogen-bond donors (Lipinski definition) is 1. The Morgan fingerprint density at radius 1 is 1.50 bits per heavy atom. The molecule has 0 aliphatic carbocycles. The van der Waals surface area contributed by atoms with Gasteiger partial charge in [-0.3, -0.25) is 9.59 Å². The molecule has 1 saturated heterocycles. The second-order valence-corrected chi connectivity index (χ2v) is 5.31. The minimum atomic E-state index is -0.436. The van der Waals surface area contributed by atoms with Crippen LogP contribution in [0.5, 0.6) is 0 Å². The first-order chi connectivity index (χ1) is 8.50. The fourth-order valence-corrected chi connectivity index (χ4v) is 2.72. The maximum Gasteiger partial charge on any atom is 0.235 e. The molecule has 2 aliphatic heterocycles. The molecule has 0 bridgehead atoms. The summed E-state index contributed by atoms with van der Waals surface area (Å²) in [6.07, 6.45) is 2.42. The minimum Gasteiger partial charge on any atom is -0.341 e. The summed E-state index contributed by atoms with van der Waals surface area (Å²) in [5.41, 5.74) is 1.72. The largest absolute Gasteiger partial charge is 0.341 e. The SMILES string of the molecule is CC(=O)N1CC2(Cc3cc(C)cnc3NC2=O)C1. The van der Waals surface area contributed by atoms with Crippen LogP contribution in [0.25, 0.3) is 0 Å². The molecule has 3 rings (SSSR count). The van der Waals surface area contributed by atoms with E-state index >= 15 is 0 Å². The molecule has 0 unspecified atom stereocenters. The van der Waals surface area contributed by atoms with Crippen molar-refractivity contribution in [2.75, 3.05) is 18.4 Å². The molecule has 1 spiro atoms. The number of nitrogens with zero attached hydrogens (tertiary/aromatic N) is 2. The molecule has 5 heteroatoms. The third kappa shape index (κ3) is 1.50. The van der Waals surface area contributed by atoms with Crippen LogP contribution in [0, 0.1) is 12.3 Å². The molecular formula is C13H15N3O2. The van der Waals surface area contributed by atoms with Crippen LogP contribution in [0.15, 0.2) is 12.3 Å². The number of hydrogen-bond acceptors (Lipinski definition) is 3. The maximum absolute atomic E-state index is 12.1. The van der Waals surface area contributed by atoms with Crippen molar-refractivity contribution < 1.29 is 9.59 Å². The lowest BCUT2D eigenvalue weighted by molar-refractivity contribution is -0.149. The van der Waals surface area contributed by atoms with Crippen molar-refractivity contribution in [2.45, 2.75) is 20.3 Å². The van der Waals surface area contributed by atoms with E-state index in [1.165, 1.54) is 6.92 Å². The summed E-state index contributed by atoms with van der Waals surface area (Å²) < 4.78 is 0. The molecule has 5 nitrogen and oxygen atoms in total. The number of carbonyl (C=O) groups excluding carboxylic acids is 2. The summed E-state index contributed by atoms with van der Waals surface area (Å²) in [7, 11) is 0. The van der Waals surface area contributed by atoms with Crippen molar-refractivity contribution in [3.63, 3.8) is 0 Å².